The number of methoxy groups -OCH3 is 1. The lowest BCUT2D eigenvalue weighted by Crippen LogP contribution is -2.46. The fourth-order valence-electron chi connectivity index (χ4n) is 2.92. The first-order valence-corrected chi connectivity index (χ1v) is 7.87. The van der Waals surface area contributed by atoms with E-state index in [1.807, 2.05) is 18.2 Å². The maximum Gasteiger partial charge on any atom is 0.270 e. The molecule has 0 N–H and O–H groups in total. The molecule has 3 rings (SSSR count). The lowest BCUT2D eigenvalue weighted by atomic mass is 10.1. The van der Waals surface area contributed by atoms with Crippen LogP contribution in [0.4, 0.5) is 11.5 Å². The molecule has 24 heavy (non-hydrogen) atoms. The molecule has 0 atom stereocenters. The van der Waals surface area contributed by atoms with Crippen LogP contribution in [0.1, 0.15) is 5.56 Å². The average Bonchev–Trinajstić information content (AvgIpc) is 2.63. The van der Waals surface area contributed by atoms with Crippen molar-refractivity contribution in [1.82, 2.24) is 9.88 Å². The lowest BCUT2D eigenvalue weighted by Gasteiger charge is -2.35. The molecule has 2 heterocycles. The average molecular weight is 328 g/mol. The number of nitro benzene ring substituents is 1. The summed E-state index contributed by atoms with van der Waals surface area (Å²) >= 11 is 0. The van der Waals surface area contributed by atoms with E-state index in [1.165, 1.54) is 6.07 Å². The van der Waals surface area contributed by atoms with Gasteiger partial charge in [-0.2, -0.15) is 0 Å². The van der Waals surface area contributed by atoms with Crippen molar-refractivity contribution in [3.05, 3.63) is 58.3 Å². The number of ether oxygens (including phenoxy) is 1. The highest BCUT2D eigenvalue weighted by Crippen LogP contribution is 2.26. The maximum atomic E-state index is 11.0. The molecule has 7 nitrogen and oxygen atoms in total. The number of anilines is 1. The molecule has 126 valence electrons. The van der Waals surface area contributed by atoms with Crippen molar-refractivity contribution in [1.29, 1.82) is 0 Å². The van der Waals surface area contributed by atoms with Gasteiger partial charge in [0.25, 0.3) is 5.69 Å². The van der Waals surface area contributed by atoms with Gasteiger partial charge in [-0.15, -0.1) is 0 Å². The van der Waals surface area contributed by atoms with Crippen molar-refractivity contribution in [3.8, 4) is 5.75 Å². The highest BCUT2D eigenvalue weighted by molar-refractivity contribution is 5.44. The molecule has 0 unspecified atom stereocenters. The number of aromatic nitrogens is 1. The summed E-state index contributed by atoms with van der Waals surface area (Å²) < 4.78 is 5.34. The van der Waals surface area contributed by atoms with Crippen molar-refractivity contribution in [2.75, 3.05) is 38.2 Å². The van der Waals surface area contributed by atoms with Gasteiger partial charge in [0.15, 0.2) is 0 Å². The number of hydrogen-bond donors (Lipinski definition) is 0. The summed E-state index contributed by atoms with van der Waals surface area (Å²) in [5, 5.41) is 11.0. The Labute approximate surface area is 140 Å². The van der Waals surface area contributed by atoms with E-state index in [4.69, 9.17) is 4.74 Å². The molecule has 0 aliphatic carbocycles. The van der Waals surface area contributed by atoms with Crippen LogP contribution in [0.25, 0.3) is 0 Å². The minimum Gasteiger partial charge on any atom is -0.496 e. The monoisotopic (exact) mass is 328 g/mol. The largest absolute Gasteiger partial charge is 0.496 e. The van der Waals surface area contributed by atoms with Crippen LogP contribution in [0.15, 0.2) is 42.6 Å². The topological polar surface area (TPSA) is 71.7 Å². The van der Waals surface area contributed by atoms with E-state index in [1.54, 1.807) is 25.4 Å². The Hall–Kier alpha value is -2.67. The van der Waals surface area contributed by atoms with Crippen LogP contribution in [0.5, 0.6) is 5.75 Å². The van der Waals surface area contributed by atoms with Crippen LogP contribution in [0.3, 0.4) is 0 Å². The molecule has 0 amide bonds. The first kappa shape index (κ1) is 16.2. The Bertz CT molecular complexity index is 700. The molecule has 1 aliphatic rings. The first-order valence-electron chi connectivity index (χ1n) is 7.87. The van der Waals surface area contributed by atoms with Crippen molar-refractivity contribution in [2.24, 2.45) is 0 Å². The molecule has 1 aliphatic heterocycles. The molecule has 1 saturated heterocycles. The Morgan fingerprint density at radius 2 is 2.00 bits per heavy atom. The van der Waals surface area contributed by atoms with Crippen molar-refractivity contribution >= 4 is 11.5 Å². The second kappa shape index (κ2) is 7.27. The standard InChI is InChI=1S/C17H20N4O3/c1-24-16-6-5-15(21(22)23)12-14(16)13-19-8-10-20(11-9-19)17-4-2-3-7-18-17/h2-7,12H,8-11,13H2,1H3. The summed E-state index contributed by atoms with van der Waals surface area (Å²) in [7, 11) is 1.59. The molecular weight excluding hydrogens is 308 g/mol. The van der Waals surface area contributed by atoms with E-state index in [0.29, 0.717) is 12.3 Å². The van der Waals surface area contributed by atoms with Gasteiger partial charge in [-0.05, 0) is 18.2 Å². The van der Waals surface area contributed by atoms with Crippen LogP contribution in [-0.4, -0.2) is 48.1 Å². The van der Waals surface area contributed by atoms with Gasteiger partial charge in [-0.25, -0.2) is 4.98 Å². The summed E-state index contributed by atoms with van der Waals surface area (Å²) in [6.07, 6.45) is 1.80. The number of rotatable bonds is 5. The van der Waals surface area contributed by atoms with Crippen molar-refractivity contribution in [2.45, 2.75) is 6.54 Å². The van der Waals surface area contributed by atoms with Crippen LogP contribution in [-0.2, 0) is 6.54 Å². The van der Waals surface area contributed by atoms with Crippen LogP contribution in [0, 0.1) is 10.1 Å². The number of benzene rings is 1. The molecule has 0 spiro atoms. The summed E-state index contributed by atoms with van der Waals surface area (Å²) in [5.41, 5.74) is 0.941. The summed E-state index contributed by atoms with van der Waals surface area (Å²) in [5.74, 6) is 1.68. The van der Waals surface area contributed by atoms with Crippen LogP contribution in [0.2, 0.25) is 0 Å². The molecule has 1 aromatic carbocycles. The Kier molecular flexibility index (Phi) is 4.90. The third kappa shape index (κ3) is 3.62. The number of hydrogen-bond acceptors (Lipinski definition) is 6. The molecule has 0 saturated carbocycles. The normalized spacial score (nSPS) is 15.3. The molecule has 2 aromatic rings. The number of piperazine rings is 1. The minimum absolute atomic E-state index is 0.0953. The SMILES string of the molecule is COc1ccc([N+](=O)[O-])cc1CN1CCN(c2ccccn2)CC1. The highest BCUT2D eigenvalue weighted by atomic mass is 16.6. The van der Waals surface area contributed by atoms with Crippen LogP contribution < -0.4 is 9.64 Å². The quantitative estimate of drug-likeness (QED) is 0.619. The highest BCUT2D eigenvalue weighted by Gasteiger charge is 2.20. The molecular formula is C17H20N4O3. The zero-order valence-corrected chi connectivity index (χ0v) is 13.6. The summed E-state index contributed by atoms with van der Waals surface area (Å²) in [6.45, 7) is 4.16. The lowest BCUT2D eigenvalue weighted by molar-refractivity contribution is -0.385. The van der Waals surface area contributed by atoms with Gasteiger partial charge in [-0.1, -0.05) is 6.07 Å². The number of nitrogens with zero attached hydrogens (tertiary/aromatic N) is 4. The molecule has 7 heteroatoms. The van der Waals surface area contributed by atoms with Crippen LogP contribution >= 0.6 is 0 Å². The zero-order chi connectivity index (χ0) is 16.9. The van der Waals surface area contributed by atoms with Gasteiger partial charge in [0.2, 0.25) is 0 Å². The third-order valence-corrected chi connectivity index (χ3v) is 4.21. The van der Waals surface area contributed by atoms with Crippen molar-refractivity contribution < 1.29 is 9.66 Å². The number of pyridine rings is 1. The second-order valence-corrected chi connectivity index (χ2v) is 5.70. The fraction of sp³-hybridized carbons (Fsp3) is 0.353. The van der Waals surface area contributed by atoms with E-state index in [2.05, 4.69) is 14.8 Å². The minimum atomic E-state index is -0.373. The predicted octanol–water partition coefficient (Wildman–Crippen LogP) is 2.32. The van der Waals surface area contributed by atoms with Gasteiger partial charge in [-0.3, -0.25) is 15.0 Å². The van der Waals surface area contributed by atoms with E-state index in [9.17, 15) is 10.1 Å². The molecule has 1 fully saturated rings. The van der Waals surface area contributed by atoms with E-state index < -0.39 is 0 Å². The Morgan fingerprint density at radius 1 is 1.21 bits per heavy atom. The van der Waals surface area contributed by atoms with Gasteiger partial charge < -0.3 is 9.64 Å². The van der Waals surface area contributed by atoms with Gasteiger partial charge in [0, 0.05) is 56.6 Å². The number of nitro groups is 1. The summed E-state index contributed by atoms with van der Waals surface area (Å²) in [4.78, 5) is 19.5. The van der Waals surface area contributed by atoms with Gasteiger partial charge in [0.05, 0.1) is 12.0 Å². The van der Waals surface area contributed by atoms with E-state index in [-0.39, 0.29) is 10.6 Å². The second-order valence-electron chi connectivity index (χ2n) is 5.70. The number of non-ortho nitro benzene ring substituents is 1. The predicted molar refractivity (Wildman–Crippen MR) is 91.4 cm³/mol. The molecule has 1 aromatic heterocycles. The van der Waals surface area contributed by atoms with Gasteiger partial charge in [0.1, 0.15) is 11.6 Å². The van der Waals surface area contributed by atoms with Crippen molar-refractivity contribution in [3.63, 3.8) is 0 Å². The third-order valence-electron chi connectivity index (χ3n) is 4.21. The molecule has 0 bridgehead atoms. The summed E-state index contributed by atoms with van der Waals surface area (Å²) in [6, 6.07) is 10.7. The fourth-order valence-corrected chi connectivity index (χ4v) is 2.92. The molecule has 0 radical (unpaired) electrons. The van der Waals surface area contributed by atoms with E-state index >= 15 is 0 Å². The Balaban J connectivity index is 1.65. The van der Waals surface area contributed by atoms with E-state index in [0.717, 1.165) is 37.6 Å². The van der Waals surface area contributed by atoms with Gasteiger partial charge >= 0.3 is 0 Å². The Morgan fingerprint density at radius 3 is 2.62 bits per heavy atom. The maximum absolute atomic E-state index is 11.0. The smallest absolute Gasteiger partial charge is 0.270 e. The zero-order valence-electron chi connectivity index (χ0n) is 13.6. The first-order chi connectivity index (χ1) is 11.7.